The zero-order valence-electron chi connectivity index (χ0n) is 15.4. The number of fused-ring (bicyclic) bond motifs is 3. The Morgan fingerprint density at radius 2 is 1.33 bits per heavy atom. The monoisotopic (exact) mass is 338 g/mol. The Hall–Kier alpha value is -0.420. The molecule has 0 aromatic carbocycles. The Morgan fingerprint density at radius 3 is 1.75 bits per heavy atom. The van der Waals surface area contributed by atoms with Crippen molar-refractivity contribution in [1.29, 1.82) is 0 Å². The third-order valence-electron chi connectivity index (χ3n) is 6.47. The van der Waals surface area contributed by atoms with Gasteiger partial charge in [0.05, 0.1) is 52.9 Å². The van der Waals surface area contributed by atoms with Gasteiger partial charge in [-0.2, -0.15) is 0 Å². The number of hydrogen-bond donors (Lipinski definition) is 0. The molecule has 1 heterocycles. The molecular weight excluding hydrogens is 304 g/mol. The van der Waals surface area contributed by atoms with Crippen molar-refractivity contribution < 1.29 is 18.9 Å². The van der Waals surface area contributed by atoms with Crippen LogP contribution in [0.15, 0.2) is 12.2 Å². The van der Waals surface area contributed by atoms with Gasteiger partial charge >= 0.3 is 0 Å². The molecule has 4 heteroatoms. The lowest BCUT2D eigenvalue weighted by Crippen LogP contribution is -2.38. The predicted octanol–water partition coefficient (Wildman–Crippen LogP) is 3.46. The van der Waals surface area contributed by atoms with Crippen molar-refractivity contribution in [3.63, 3.8) is 0 Å². The Morgan fingerprint density at radius 1 is 0.792 bits per heavy atom. The average Bonchev–Trinajstić information content (AvgIpc) is 3.20. The van der Waals surface area contributed by atoms with Crippen LogP contribution in [0.3, 0.4) is 0 Å². The van der Waals surface area contributed by atoms with Gasteiger partial charge in [0.15, 0.2) is 0 Å². The van der Waals surface area contributed by atoms with Crippen molar-refractivity contribution in [2.75, 3.05) is 52.9 Å². The summed E-state index contributed by atoms with van der Waals surface area (Å²) >= 11 is 0. The average molecular weight is 338 g/mol. The molecule has 2 atom stereocenters. The fourth-order valence-electron chi connectivity index (χ4n) is 4.49. The highest BCUT2D eigenvalue weighted by Gasteiger charge is 2.48. The lowest BCUT2D eigenvalue weighted by atomic mass is 9.77. The Bertz CT molecular complexity index is 398. The second-order valence-electron chi connectivity index (χ2n) is 7.97. The van der Waals surface area contributed by atoms with E-state index in [9.17, 15) is 0 Å². The highest BCUT2D eigenvalue weighted by atomic mass is 16.5. The van der Waals surface area contributed by atoms with Gasteiger partial charge in [-0.15, -0.1) is 0 Å². The van der Waals surface area contributed by atoms with Crippen LogP contribution in [-0.2, 0) is 18.9 Å². The van der Waals surface area contributed by atoms with Crippen LogP contribution in [0.4, 0.5) is 0 Å². The molecule has 138 valence electrons. The fraction of sp³-hybridized carbons (Fsp3) is 0.900. The van der Waals surface area contributed by atoms with Gasteiger partial charge in [-0.25, -0.2) is 0 Å². The van der Waals surface area contributed by atoms with Gasteiger partial charge in [-0.3, -0.25) is 0 Å². The van der Waals surface area contributed by atoms with Gasteiger partial charge in [0.25, 0.3) is 0 Å². The highest BCUT2D eigenvalue weighted by Crippen LogP contribution is 2.52. The maximum atomic E-state index is 6.03. The molecule has 4 nitrogen and oxygen atoms in total. The molecule has 0 aromatic heterocycles. The van der Waals surface area contributed by atoms with Crippen LogP contribution in [0.25, 0.3) is 0 Å². The third-order valence-corrected chi connectivity index (χ3v) is 6.47. The van der Waals surface area contributed by atoms with Crippen molar-refractivity contribution in [3.05, 3.63) is 12.2 Å². The van der Waals surface area contributed by atoms with Crippen LogP contribution in [-0.4, -0.2) is 52.9 Å². The quantitative estimate of drug-likeness (QED) is 0.723. The molecule has 24 heavy (non-hydrogen) atoms. The molecule has 2 unspecified atom stereocenters. The Balaban J connectivity index is 1.56. The van der Waals surface area contributed by atoms with Crippen molar-refractivity contribution in [1.82, 2.24) is 0 Å². The molecule has 2 aliphatic carbocycles. The molecule has 1 spiro atoms. The van der Waals surface area contributed by atoms with Crippen molar-refractivity contribution in [2.45, 2.75) is 39.5 Å². The first-order valence-electron chi connectivity index (χ1n) is 9.71. The summed E-state index contributed by atoms with van der Waals surface area (Å²) in [4.78, 5) is 0. The zero-order chi connectivity index (χ0) is 16.9. The molecule has 1 saturated heterocycles. The van der Waals surface area contributed by atoms with Crippen LogP contribution in [0.5, 0.6) is 0 Å². The lowest BCUT2D eigenvalue weighted by Gasteiger charge is -2.36. The topological polar surface area (TPSA) is 36.9 Å². The number of rotatable bonds is 2. The number of allylic oxidation sites excluding steroid dienone is 2. The second-order valence-corrected chi connectivity index (χ2v) is 7.97. The van der Waals surface area contributed by atoms with Crippen molar-refractivity contribution in [3.8, 4) is 0 Å². The lowest BCUT2D eigenvalue weighted by molar-refractivity contribution is -0.0883. The largest absolute Gasteiger partial charge is 0.378 e. The van der Waals surface area contributed by atoms with Gasteiger partial charge in [-0.05, 0) is 37.5 Å². The Labute approximate surface area is 146 Å². The van der Waals surface area contributed by atoms with Crippen LogP contribution in [0, 0.1) is 22.7 Å². The summed E-state index contributed by atoms with van der Waals surface area (Å²) in [6, 6.07) is 0. The van der Waals surface area contributed by atoms with E-state index in [2.05, 4.69) is 26.0 Å². The maximum Gasteiger partial charge on any atom is 0.0700 e. The van der Waals surface area contributed by atoms with E-state index in [1.807, 2.05) is 0 Å². The minimum atomic E-state index is 0.126. The van der Waals surface area contributed by atoms with E-state index in [0.29, 0.717) is 32.3 Å². The predicted molar refractivity (Wildman–Crippen MR) is 94.1 cm³/mol. The minimum Gasteiger partial charge on any atom is -0.378 e. The smallest absolute Gasteiger partial charge is 0.0700 e. The van der Waals surface area contributed by atoms with E-state index in [-0.39, 0.29) is 10.8 Å². The van der Waals surface area contributed by atoms with Crippen LogP contribution < -0.4 is 0 Å². The van der Waals surface area contributed by atoms with Crippen molar-refractivity contribution >= 4 is 0 Å². The summed E-state index contributed by atoms with van der Waals surface area (Å²) in [6.45, 7) is 10.2. The summed E-state index contributed by atoms with van der Waals surface area (Å²) in [5.41, 5.74) is 0.293. The van der Waals surface area contributed by atoms with E-state index in [1.165, 1.54) is 12.8 Å². The fourth-order valence-corrected chi connectivity index (χ4v) is 4.49. The summed E-state index contributed by atoms with van der Waals surface area (Å²) in [6.07, 6.45) is 9.38. The third kappa shape index (κ3) is 4.04. The Kier molecular flexibility index (Phi) is 6.36. The molecule has 1 saturated carbocycles. The molecule has 1 aliphatic heterocycles. The standard InChI is InChI=1S/C20H34O4/c1-3-19(4-2)13-21-7-9-23-15-20(16-24-10-8-22-14-19)12-17-5-6-18(20)11-17/h5-6,17-18H,3-4,7-16H2,1-2H3. The van der Waals surface area contributed by atoms with E-state index < -0.39 is 0 Å². The van der Waals surface area contributed by atoms with Gasteiger partial charge in [0.1, 0.15) is 0 Å². The molecule has 0 amide bonds. The van der Waals surface area contributed by atoms with Crippen LogP contribution in [0.2, 0.25) is 0 Å². The zero-order valence-corrected chi connectivity index (χ0v) is 15.4. The molecule has 0 aromatic rings. The van der Waals surface area contributed by atoms with E-state index in [1.54, 1.807) is 0 Å². The van der Waals surface area contributed by atoms with Crippen LogP contribution in [0.1, 0.15) is 39.5 Å². The van der Waals surface area contributed by atoms with Gasteiger partial charge in [0, 0.05) is 10.8 Å². The second kappa shape index (κ2) is 8.31. The first kappa shape index (κ1) is 18.4. The first-order valence-corrected chi connectivity index (χ1v) is 9.71. The van der Waals surface area contributed by atoms with E-state index in [4.69, 9.17) is 18.9 Å². The SMILES string of the molecule is CCC1(CC)COCCOCC2(COCCOC1)CC1C=CC2C1. The van der Waals surface area contributed by atoms with Crippen molar-refractivity contribution in [2.24, 2.45) is 22.7 Å². The van der Waals surface area contributed by atoms with Gasteiger partial charge in [-0.1, -0.05) is 26.0 Å². The molecule has 2 bridgehead atoms. The highest BCUT2D eigenvalue weighted by molar-refractivity contribution is 5.15. The minimum absolute atomic E-state index is 0.126. The summed E-state index contributed by atoms with van der Waals surface area (Å²) in [5, 5.41) is 0. The van der Waals surface area contributed by atoms with E-state index in [0.717, 1.165) is 45.2 Å². The molecule has 3 rings (SSSR count). The summed E-state index contributed by atoms with van der Waals surface area (Å²) in [5.74, 6) is 1.34. The molecule has 2 fully saturated rings. The maximum absolute atomic E-state index is 6.03. The molecule has 0 radical (unpaired) electrons. The first-order chi connectivity index (χ1) is 11.7. The van der Waals surface area contributed by atoms with Crippen LogP contribution >= 0.6 is 0 Å². The summed E-state index contributed by atoms with van der Waals surface area (Å²) in [7, 11) is 0. The molecular formula is C20H34O4. The normalized spacial score (nSPS) is 33.6. The van der Waals surface area contributed by atoms with Gasteiger partial charge in [0.2, 0.25) is 0 Å². The molecule has 0 N–H and O–H groups in total. The van der Waals surface area contributed by atoms with E-state index >= 15 is 0 Å². The summed E-state index contributed by atoms with van der Waals surface area (Å²) < 4.78 is 23.9. The number of hydrogen-bond acceptors (Lipinski definition) is 4. The molecule has 3 aliphatic rings. The van der Waals surface area contributed by atoms with Gasteiger partial charge < -0.3 is 18.9 Å². The number of ether oxygens (including phenoxy) is 4.